The van der Waals surface area contributed by atoms with E-state index in [-0.39, 0.29) is 11.9 Å². The fourth-order valence-corrected chi connectivity index (χ4v) is 5.08. The third kappa shape index (κ3) is 4.97. The molecule has 3 aromatic rings. The Morgan fingerprint density at radius 2 is 1.91 bits per heavy atom. The highest BCUT2D eigenvalue weighted by Gasteiger charge is 2.26. The highest BCUT2D eigenvalue weighted by atomic mass is 32.1. The molecule has 1 amide bonds. The third-order valence-electron chi connectivity index (χ3n) is 5.71. The van der Waals surface area contributed by atoms with Crippen LogP contribution in [-0.4, -0.2) is 79.2 Å². The van der Waals surface area contributed by atoms with E-state index in [4.69, 9.17) is 19.2 Å². The van der Waals surface area contributed by atoms with E-state index in [1.165, 1.54) is 11.3 Å². The van der Waals surface area contributed by atoms with Gasteiger partial charge in [-0.05, 0) is 38.5 Å². The second-order valence-electron chi connectivity index (χ2n) is 8.16. The summed E-state index contributed by atoms with van der Waals surface area (Å²) in [7, 11) is 3.25. The molecule has 178 valence electrons. The molecule has 1 aliphatic heterocycles. The maximum atomic E-state index is 13.7. The molecule has 2 aromatic heterocycles. The van der Waals surface area contributed by atoms with Gasteiger partial charge in [-0.25, -0.2) is 4.98 Å². The lowest BCUT2D eigenvalue weighted by atomic mass is 10.3. The molecule has 33 heavy (non-hydrogen) atoms. The second kappa shape index (κ2) is 10.5. The number of nitrogens with zero attached hydrogens (tertiary/aromatic N) is 5. The van der Waals surface area contributed by atoms with Crippen molar-refractivity contribution in [3.05, 3.63) is 30.1 Å². The minimum Gasteiger partial charge on any atom is -0.495 e. The number of morpholine rings is 1. The van der Waals surface area contributed by atoms with E-state index in [1.54, 1.807) is 36.1 Å². The Kier molecular flexibility index (Phi) is 7.46. The summed E-state index contributed by atoms with van der Waals surface area (Å²) >= 11 is 1.44. The molecule has 1 aromatic carbocycles. The van der Waals surface area contributed by atoms with Crippen LogP contribution in [-0.2, 0) is 4.74 Å². The van der Waals surface area contributed by atoms with E-state index in [0.717, 1.165) is 44.0 Å². The van der Waals surface area contributed by atoms with Gasteiger partial charge in [-0.3, -0.25) is 19.3 Å². The predicted molar refractivity (Wildman–Crippen MR) is 129 cm³/mol. The number of amides is 1. The van der Waals surface area contributed by atoms with E-state index >= 15 is 0 Å². The Balaban J connectivity index is 1.67. The van der Waals surface area contributed by atoms with Crippen LogP contribution in [0.25, 0.3) is 10.2 Å². The number of fused-ring (bicyclic) bond motifs is 1. The number of anilines is 1. The van der Waals surface area contributed by atoms with E-state index in [2.05, 4.69) is 10.00 Å². The number of thiazole rings is 1. The number of hydrogen-bond donors (Lipinski definition) is 0. The van der Waals surface area contributed by atoms with Crippen molar-refractivity contribution in [3.63, 3.8) is 0 Å². The van der Waals surface area contributed by atoms with E-state index < -0.39 is 0 Å². The third-order valence-corrected chi connectivity index (χ3v) is 6.81. The molecule has 0 atom stereocenters. The first-order chi connectivity index (χ1) is 16.0. The topological polar surface area (TPSA) is 82.0 Å². The van der Waals surface area contributed by atoms with Crippen molar-refractivity contribution in [1.82, 2.24) is 19.7 Å². The van der Waals surface area contributed by atoms with Crippen molar-refractivity contribution in [3.8, 4) is 11.5 Å². The average Bonchev–Trinajstić information content (AvgIpc) is 3.49. The molecule has 1 saturated heterocycles. The van der Waals surface area contributed by atoms with Crippen LogP contribution in [0.5, 0.6) is 11.5 Å². The molecular weight excluding hydrogens is 442 g/mol. The molecular formula is C23H31N5O4S. The fraction of sp³-hybridized carbons (Fsp3) is 0.522. The highest BCUT2D eigenvalue weighted by molar-refractivity contribution is 7.22. The molecule has 0 saturated carbocycles. The molecule has 0 spiro atoms. The monoisotopic (exact) mass is 473 g/mol. The lowest BCUT2D eigenvalue weighted by molar-refractivity contribution is 0.0376. The molecule has 3 heterocycles. The summed E-state index contributed by atoms with van der Waals surface area (Å²) in [4.78, 5) is 22.7. The highest BCUT2D eigenvalue weighted by Crippen LogP contribution is 2.40. The van der Waals surface area contributed by atoms with Gasteiger partial charge < -0.3 is 14.2 Å². The molecule has 0 radical (unpaired) electrons. The van der Waals surface area contributed by atoms with Crippen LogP contribution < -0.4 is 14.4 Å². The van der Waals surface area contributed by atoms with Crippen LogP contribution >= 0.6 is 11.3 Å². The van der Waals surface area contributed by atoms with E-state index in [9.17, 15) is 4.79 Å². The summed E-state index contributed by atoms with van der Waals surface area (Å²) in [6.07, 6.45) is 2.50. The minimum absolute atomic E-state index is 0.0738. The zero-order valence-electron chi connectivity index (χ0n) is 19.6. The summed E-state index contributed by atoms with van der Waals surface area (Å²) in [6, 6.07) is 5.54. The Morgan fingerprint density at radius 3 is 2.61 bits per heavy atom. The van der Waals surface area contributed by atoms with Crippen molar-refractivity contribution in [2.75, 3.05) is 58.5 Å². The maximum absolute atomic E-state index is 13.7. The molecule has 0 N–H and O–H groups in total. The van der Waals surface area contributed by atoms with Crippen molar-refractivity contribution < 1.29 is 19.0 Å². The summed E-state index contributed by atoms with van der Waals surface area (Å²) in [5.74, 6) is 1.25. The normalized spacial score (nSPS) is 14.7. The van der Waals surface area contributed by atoms with Crippen LogP contribution in [0, 0.1) is 0 Å². The van der Waals surface area contributed by atoms with Crippen LogP contribution in [0.3, 0.4) is 0 Å². The smallest absolute Gasteiger partial charge is 0.278 e. The Hall–Kier alpha value is -2.69. The summed E-state index contributed by atoms with van der Waals surface area (Å²) in [5, 5.41) is 4.98. The van der Waals surface area contributed by atoms with Gasteiger partial charge in [0.05, 0.1) is 27.4 Å². The number of carbonyl (C=O) groups excluding carboxylic acids is 1. The maximum Gasteiger partial charge on any atom is 0.278 e. The molecule has 0 unspecified atom stereocenters. The second-order valence-corrected chi connectivity index (χ2v) is 9.14. The van der Waals surface area contributed by atoms with Crippen molar-refractivity contribution >= 4 is 32.6 Å². The van der Waals surface area contributed by atoms with Gasteiger partial charge in [0.1, 0.15) is 27.4 Å². The number of hydrogen-bond acceptors (Lipinski definition) is 8. The van der Waals surface area contributed by atoms with Gasteiger partial charge in [-0.2, -0.15) is 5.10 Å². The average molecular weight is 474 g/mol. The lowest BCUT2D eigenvalue weighted by Gasteiger charge is -2.28. The number of ether oxygens (including phenoxy) is 3. The first-order valence-corrected chi connectivity index (χ1v) is 12.0. The van der Waals surface area contributed by atoms with Crippen LogP contribution in [0.15, 0.2) is 24.4 Å². The largest absolute Gasteiger partial charge is 0.495 e. The quantitative estimate of drug-likeness (QED) is 0.471. The van der Waals surface area contributed by atoms with Crippen molar-refractivity contribution in [2.45, 2.75) is 26.3 Å². The molecule has 1 fully saturated rings. The molecule has 0 aliphatic carbocycles. The standard InChI is InChI=1S/C23H31N5O4S/c1-16(2)28-17(8-9-24-28)22(29)27(11-5-10-26-12-14-32-15-13-26)23-25-20-18(30-3)6-7-19(31-4)21(20)33-23/h6-9,16H,5,10-15H2,1-4H3. The summed E-state index contributed by atoms with van der Waals surface area (Å²) < 4.78 is 19.1. The number of carbonyl (C=O) groups is 1. The summed E-state index contributed by atoms with van der Waals surface area (Å²) in [5.41, 5.74) is 1.25. The molecule has 9 nitrogen and oxygen atoms in total. The first-order valence-electron chi connectivity index (χ1n) is 11.2. The Labute approximate surface area is 197 Å². The van der Waals surface area contributed by atoms with Gasteiger partial charge in [-0.1, -0.05) is 11.3 Å². The Bertz CT molecular complexity index is 1050. The predicted octanol–water partition coefficient (Wildman–Crippen LogP) is 3.46. The first kappa shape index (κ1) is 23.5. The molecule has 4 rings (SSSR count). The number of benzene rings is 1. The van der Waals surface area contributed by atoms with Gasteiger partial charge in [-0.15, -0.1) is 0 Å². The number of methoxy groups -OCH3 is 2. The minimum atomic E-state index is -0.111. The van der Waals surface area contributed by atoms with Crippen molar-refractivity contribution in [2.24, 2.45) is 0 Å². The van der Waals surface area contributed by atoms with Gasteiger partial charge in [0.25, 0.3) is 5.91 Å². The SMILES string of the molecule is COc1ccc(OC)c2sc(N(CCCN3CCOCC3)C(=O)c3ccnn3C(C)C)nc12. The van der Waals surface area contributed by atoms with Crippen LogP contribution in [0.2, 0.25) is 0 Å². The summed E-state index contributed by atoms with van der Waals surface area (Å²) in [6.45, 7) is 8.83. The zero-order valence-corrected chi connectivity index (χ0v) is 20.4. The zero-order chi connectivity index (χ0) is 23.4. The van der Waals surface area contributed by atoms with Crippen molar-refractivity contribution in [1.29, 1.82) is 0 Å². The molecule has 10 heteroatoms. The molecule has 1 aliphatic rings. The van der Waals surface area contributed by atoms with Gasteiger partial charge >= 0.3 is 0 Å². The van der Waals surface area contributed by atoms with Gasteiger partial charge in [0.2, 0.25) is 0 Å². The Morgan fingerprint density at radius 1 is 1.18 bits per heavy atom. The molecule has 0 bridgehead atoms. The van der Waals surface area contributed by atoms with Crippen LogP contribution in [0.4, 0.5) is 5.13 Å². The number of rotatable bonds is 9. The van der Waals surface area contributed by atoms with E-state index in [1.807, 2.05) is 26.0 Å². The lowest BCUT2D eigenvalue weighted by Crippen LogP contribution is -2.39. The fourth-order valence-electron chi connectivity index (χ4n) is 3.98. The van der Waals surface area contributed by atoms with E-state index in [0.29, 0.717) is 34.4 Å². The van der Waals surface area contributed by atoms with Gasteiger partial charge in [0.15, 0.2) is 5.13 Å². The van der Waals surface area contributed by atoms with Gasteiger partial charge in [0, 0.05) is 38.4 Å². The van der Waals surface area contributed by atoms with Crippen LogP contribution in [0.1, 0.15) is 36.8 Å². The number of aromatic nitrogens is 3.